The summed E-state index contributed by atoms with van der Waals surface area (Å²) in [6.45, 7) is 0. The lowest BCUT2D eigenvalue weighted by molar-refractivity contribution is 0.413. The highest BCUT2D eigenvalue weighted by Crippen LogP contribution is 2.28. The first-order chi connectivity index (χ1) is 9.65. The number of halogens is 2. The number of benzene rings is 1. The van der Waals surface area contributed by atoms with Gasteiger partial charge in [0.05, 0.1) is 13.3 Å². The second-order valence-electron chi connectivity index (χ2n) is 4.40. The fraction of sp³-hybridized carbons (Fsp3) is 0.267. The summed E-state index contributed by atoms with van der Waals surface area (Å²) in [6, 6.07) is 7.35. The molecule has 1 N–H and O–H groups in total. The average molecular weight is 339 g/mol. The van der Waals surface area contributed by atoms with Crippen molar-refractivity contribution in [1.82, 2.24) is 10.3 Å². The zero-order chi connectivity index (χ0) is 14.5. The molecule has 1 aromatic heterocycles. The van der Waals surface area contributed by atoms with Crippen molar-refractivity contribution in [1.29, 1.82) is 0 Å². The molecule has 0 saturated carbocycles. The summed E-state index contributed by atoms with van der Waals surface area (Å²) in [5.41, 5.74) is 1.66. The molecule has 5 heteroatoms. The van der Waals surface area contributed by atoms with Crippen LogP contribution in [0.2, 0.25) is 0 Å². The second-order valence-corrected chi connectivity index (χ2v) is 5.25. The second kappa shape index (κ2) is 6.81. The summed E-state index contributed by atoms with van der Waals surface area (Å²) in [5.74, 6) is 0.485. The van der Waals surface area contributed by atoms with Crippen molar-refractivity contribution in [3.63, 3.8) is 0 Å². The smallest absolute Gasteiger partial charge is 0.146 e. The van der Waals surface area contributed by atoms with Gasteiger partial charge in [-0.3, -0.25) is 4.98 Å². The van der Waals surface area contributed by atoms with Crippen LogP contribution in [-0.2, 0) is 6.42 Å². The topological polar surface area (TPSA) is 34.1 Å². The first-order valence-electron chi connectivity index (χ1n) is 6.24. The molecule has 0 saturated heterocycles. The Kier molecular flexibility index (Phi) is 5.09. The standard InChI is InChI=1S/C15H16BrFN2O/c1-18-15(12-5-6-19-9-14(12)17)8-10-7-11(20-2)3-4-13(10)16/h3-7,9,15,18H,8H2,1-2H3. The van der Waals surface area contributed by atoms with Crippen molar-refractivity contribution in [2.24, 2.45) is 0 Å². The molecule has 1 aromatic carbocycles. The molecule has 0 bridgehead atoms. The van der Waals surface area contributed by atoms with Crippen molar-refractivity contribution in [3.8, 4) is 5.75 Å². The van der Waals surface area contributed by atoms with Crippen LogP contribution in [-0.4, -0.2) is 19.1 Å². The quantitative estimate of drug-likeness (QED) is 0.905. The van der Waals surface area contributed by atoms with Crippen LogP contribution < -0.4 is 10.1 Å². The van der Waals surface area contributed by atoms with Crippen molar-refractivity contribution >= 4 is 15.9 Å². The van der Waals surface area contributed by atoms with E-state index in [1.807, 2.05) is 25.2 Å². The van der Waals surface area contributed by atoms with E-state index in [0.29, 0.717) is 12.0 Å². The molecule has 0 aliphatic carbocycles. The summed E-state index contributed by atoms with van der Waals surface area (Å²) < 4.78 is 20.0. The molecule has 0 aliphatic heterocycles. The third kappa shape index (κ3) is 3.35. The average Bonchev–Trinajstić information content (AvgIpc) is 2.47. The summed E-state index contributed by atoms with van der Waals surface area (Å²) in [7, 11) is 3.45. The molecule has 3 nitrogen and oxygen atoms in total. The Morgan fingerprint density at radius 1 is 1.40 bits per heavy atom. The molecule has 0 fully saturated rings. The Morgan fingerprint density at radius 3 is 2.85 bits per heavy atom. The van der Waals surface area contributed by atoms with E-state index in [1.165, 1.54) is 6.20 Å². The monoisotopic (exact) mass is 338 g/mol. The van der Waals surface area contributed by atoms with Gasteiger partial charge in [0, 0.05) is 22.3 Å². The summed E-state index contributed by atoms with van der Waals surface area (Å²) in [5, 5.41) is 3.14. The van der Waals surface area contributed by atoms with Crippen LogP contribution in [0, 0.1) is 5.82 Å². The number of hydrogen-bond acceptors (Lipinski definition) is 3. The molecule has 106 valence electrons. The third-order valence-electron chi connectivity index (χ3n) is 3.20. The minimum atomic E-state index is -0.300. The van der Waals surface area contributed by atoms with Crippen molar-refractivity contribution < 1.29 is 9.13 Å². The van der Waals surface area contributed by atoms with E-state index in [4.69, 9.17) is 4.74 Å². The molecule has 0 amide bonds. The van der Waals surface area contributed by atoms with Crippen LogP contribution in [0.25, 0.3) is 0 Å². The Morgan fingerprint density at radius 2 is 2.20 bits per heavy atom. The van der Waals surface area contributed by atoms with E-state index in [1.54, 1.807) is 19.4 Å². The molecule has 0 spiro atoms. The number of aromatic nitrogens is 1. The predicted molar refractivity (Wildman–Crippen MR) is 80.4 cm³/mol. The van der Waals surface area contributed by atoms with Gasteiger partial charge in [-0.25, -0.2) is 4.39 Å². The number of ether oxygens (including phenoxy) is 1. The number of likely N-dealkylation sites (N-methyl/N-ethyl adjacent to an activating group) is 1. The number of nitrogens with one attached hydrogen (secondary N) is 1. The van der Waals surface area contributed by atoms with Gasteiger partial charge in [-0.2, -0.15) is 0 Å². The fourth-order valence-electron chi connectivity index (χ4n) is 2.09. The van der Waals surface area contributed by atoms with Gasteiger partial charge in [-0.15, -0.1) is 0 Å². The molecule has 0 radical (unpaired) electrons. The zero-order valence-corrected chi connectivity index (χ0v) is 12.9. The van der Waals surface area contributed by atoms with Crippen LogP contribution in [0.4, 0.5) is 4.39 Å². The summed E-state index contributed by atoms with van der Waals surface area (Å²) in [6.07, 6.45) is 3.49. The Hall–Kier alpha value is -1.46. The molecular weight excluding hydrogens is 323 g/mol. The van der Waals surface area contributed by atoms with Crippen molar-refractivity contribution in [3.05, 3.63) is 58.1 Å². The fourth-order valence-corrected chi connectivity index (χ4v) is 2.50. The van der Waals surface area contributed by atoms with Crippen LogP contribution in [0.15, 0.2) is 41.1 Å². The Balaban J connectivity index is 2.29. The summed E-state index contributed by atoms with van der Waals surface area (Å²) >= 11 is 3.52. The minimum Gasteiger partial charge on any atom is -0.497 e. The molecular formula is C15H16BrFN2O. The maximum atomic E-state index is 13.8. The Bertz CT molecular complexity index is 592. The van der Waals surface area contributed by atoms with Crippen molar-refractivity contribution in [2.45, 2.75) is 12.5 Å². The maximum absolute atomic E-state index is 13.8. The van der Waals surface area contributed by atoms with Crippen LogP contribution in [0.1, 0.15) is 17.2 Å². The lowest BCUT2D eigenvalue weighted by Gasteiger charge is -2.18. The van der Waals surface area contributed by atoms with E-state index >= 15 is 0 Å². The van der Waals surface area contributed by atoms with Crippen LogP contribution >= 0.6 is 15.9 Å². The molecule has 2 aromatic rings. The molecule has 2 rings (SSSR count). The predicted octanol–water partition coefficient (Wildman–Crippen LogP) is 3.50. The molecule has 1 unspecified atom stereocenters. The van der Waals surface area contributed by atoms with Gasteiger partial charge in [-0.05, 0) is 43.3 Å². The van der Waals surface area contributed by atoms with Crippen molar-refractivity contribution in [2.75, 3.05) is 14.2 Å². The van der Waals surface area contributed by atoms with E-state index in [-0.39, 0.29) is 11.9 Å². The highest BCUT2D eigenvalue weighted by atomic mass is 79.9. The third-order valence-corrected chi connectivity index (χ3v) is 3.98. The maximum Gasteiger partial charge on any atom is 0.146 e. The molecule has 20 heavy (non-hydrogen) atoms. The first-order valence-corrected chi connectivity index (χ1v) is 7.04. The normalized spacial score (nSPS) is 12.2. The highest BCUT2D eigenvalue weighted by Gasteiger charge is 2.16. The van der Waals surface area contributed by atoms with E-state index in [0.717, 1.165) is 15.8 Å². The lowest BCUT2D eigenvalue weighted by Crippen LogP contribution is -2.20. The molecule has 1 atom stereocenters. The SMILES string of the molecule is CNC(Cc1cc(OC)ccc1Br)c1ccncc1F. The first kappa shape index (κ1) is 14.9. The largest absolute Gasteiger partial charge is 0.497 e. The molecule has 1 heterocycles. The van der Waals surface area contributed by atoms with E-state index in [9.17, 15) is 4.39 Å². The highest BCUT2D eigenvalue weighted by molar-refractivity contribution is 9.10. The number of pyridine rings is 1. The van der Waals surface area contributed by atoms with Gasteiger partial charge >= 0.3 is 0 Å². The number of rotatable bonds is 5. The van der Waals surface area contributed by atoms with Gasteiger partial charge in [0.1, 0.15) is 11.6 Å². The zero-order valence-electron chi connectivity index (χ0n) is 11.4. The van der Waals surface area contributed by atoms with E-state index < -0.39 is 0 Å². The van der Waals surface area contributed by atoms with Crippen LogP contribution in [0.3, 0.4) is 0 Å². The van der Waals surface area contributed by atoms with Gasteiger partial charge in [-0.1, -0.05) is 15.9 Å². The van der Waals surface area contributed by atoms with Gasteiger partial charge in [0.25, 0.3) is 0 Å². The van der Waals surface area contributed by atoms with Gasteiger partial charge in [0.15, 0.2) is 0 Å². The lowest BCUT2D eigenvalue weighted by atomic mass is 9.99. The molecule has 0 aliphatic rings. The summed E-state index contributed by atoms with van der Waals surface area (Å²) in [4.78, 5) is 3.78. The number of nitrogens with zero attached hydrogens (tertiary/aromatic N) is 1. The Labute approximate surface area is 126 Å². The minimum absolute atomic E-state index is 0.124. The van der Waals surface area contributed by atoms with Crippen LogP contribution in [0.5, 0.6) is 5.75 Å². The van der Waals surface area contributed by atoms with Gasteiger partial charge in [0.2, 0.25) is 0 Å². The number of methoxy groups -OCH3 is 1. The van der Waals surface area contributed by atoms with E-state index in [2.05, 4.69) is 26.2 Å². The van der Waals surface area contributed by atoms with Gasteiger partial charge < -0.3 is 10.1 Å². The number of hydrogen-bond donors (Lipinski definition) is 1.